The van der Waals surface area contributed by atoms with Crippen molar-refractivity contribution in [3.63, 3.8) is 0 Å². The summed E-state index contributed by atoms with van der Waals surface area (Å²) < 4.78 is 11.6. The van der Waals surface area contributed by atoms with Crippen molar-refractivity contribution in [2.45, 2.75) is 95.3 Å². The van der Waals surface area contributed by atoms with Crippen molar-refractivity contribution in [2.75, 3.05) is 7.11 Å². The highest BCUT2D eigenvalue weighted by Crippen LogP contribution is 2.67. The summed E-state index contributed by atoms with van der Waals surface area (Å²) in [4.78, 5) is 12.3. The average Bonchev–Trinajstić information content (AvgIpc) is 2.92. The molecule has 5 unspecified atom stereocenters. The standard InChI is InChI=1S/C23H37BrO4/c1-5-19(26)28-21-17(24)12-16-20-15(7-9-23(16,21)3)22(2)8-6-14(27-4)10-13(22)11-18(20)25/h13-18,20-21,25H,5-12H2,1-4H3/t13?,14-,15?,16?,17+,18?,20?,21-,22-,23-/m0/s1. The van der Waals surface area contributed by atoms with Crippen molar-refractivity contribution in [1.29, 1.82) is 0 Å². The Labute approximate surface area is 178 Å². The van der Waals surface area contributed by atoms with Crippen LogP contribution in [0.25, 0.3) is 0 Å². The fraction of sp³-hybridized carbons (Fsp3) is 0.957. The van der Waals surface area contributed by atoms with E-state index >= 15 is 0 Å². The van der Waals surface area contributed by atoms with Crippen LogP contribution in [0.15, 0.2) is 0 Å². The van der Waals surface area contributed by atoms with Gasteiger partial charge in [0.25, 0.3) is 0 Å². The van der Waals surface area contributed by atoms with Gasteiger partial charge >= 0.3 is 5.97 Å². The van der Waals surface area contributed by atoms with Crippen LogP contribution in [0.3, 0.4) is 0 Å². The van der Waals surface area contributed by atoms with E-state index in [-0.39, 0.29) is 28.4 Å². The normalized spacial score (nSPS) is 53.1. The number of rotatable bonds is 3. The molecule has 4 fully saturated rings. The lowest BCUT2D eigenvalue weighted by atomic mass is 9.44. The van der Waals surface area contributed by atoms with Crippen LogP contribution in [0, 0.1) is 34.5 Å². The van der Waals surface area contributed by atoms with E-state index in [2.05, 4.69) is 29.8 Å². The fourth-order valence-corrected chi connectivity index (χ4v) is 8.87. The third kappa shape index (κ3) is 3.10. The van der Waals surface area contributed by atoms with E-state index in [1.54, 1.807) is 0 Å². The number of aliphatic hydroxyl groups is 1. The van der Waals surface area contributed by atoms with Crippen LogP contribution in [-0.4, -0.2) is 41.3 Å². The molecule has 5 heteroatoms. The predicted octanol–water partition coefficient (Wildman–Crippen LogP) is 4.71. The summed E-state index contributed by atoms with van der Waals surface area (Å²) >= 11 is 3.85. The summed E-state index contributed by atoms with van der Waals surface area (Å²) in [5.41, 5.74) is 0.272. The first-order valence-electron chi connectivity index (χ1n) is 11.3. The Morgan fingerprint density at radius 2 is 1.82 bits per heavy atom. The molecule has 0 bridgehead atoms. The zero-order chi connectivity index (χ0) is 20.3. The van der Waals surface area contributed by atoms with Crippen LogP contribution in [-0.2, 0) is 14.3 Å². The van der Waals surface area contributed by atoms with Gasteiger partial charge in [0.2, 0.25) is 0 Å². The molecular formula is C23H37BrO4. The number of alkyl halides is 1. The molecule has 4 rings (SSSR count). The first-order valence-corrected chi connectivity index (χ1v) is 12.2. The molecular weight excluding hydrogens is 420 g/mol. The van der Waals surface area contributed by atoms with Crippen LogP contribution in [0.5, 0.6) is 0 Å². The number of aliphatic hydroxyl groups excluding tert-OH is 1. The molecule has 10 atom stereocenters. The molecule has 0 aromatic heterocycles. The number of halogens is 1. The van der Waals surface area contributed by atoms with Crippen molar-refractivity contribution in [3.8, 4) is 0 Å². The minimum atomic E-state index is -0.247. The first kappa shape index (κ1) is 21.1. The Morgan fingerprint density at radius 1 is 1.11 bits per heavy atom. The number of fused-ring (bicyclic) bond motifs is 5. The zero-order valence-electron chi connectivity index (χ0n) is 17.8. The Kier molecular flexibility index (Phi) is 5.68. The van der Waals surface area contributed by atoms with E-state index in [1.165, 1.54) is 6.42 Å². The zero-order valence-corrected chi connectivity index (χ0v) is 19.4. The van der Waals surface area contributed by atoms with E-state index in [1.807, 2.05) is 14.0 Å². The second-order valence-corrected chi connectivity index (χ2v) is 11.7. The van der Waals surface area contributed by atoms with Crippen molar-refractivity contribution in [1.82, 2.24) is 0 Å². The molecule has 0 spiro atoms. The topological polar surface area (TPSA) is 55.8 Å². The maximum atomic E-state index is 12.1. The largest absolute Gasteiger partial charge is 0.461 e. The molecule has 0 aromatic carbocycles. The van der Waals surface area contributed by atoms with Gasteiger partial charge in [-0.2, -0.15) is 0 Å². The maximum absolute atomic E-state index is 12.1. The van der Waals surface area contributed by atoms with Gasteiger partial charge in [0.15, 0.2) is 0 Å². The number of hydrogen-bond acceptors (Lipinski definition) is 4. The molecule has 160 valence electrons. The van der Waals surface area contributed by atoms with Gasteiger partial charge in [0.05, 0.1) is 17.0 Å². The minimum Gasteiger partial charge on any atom is -0.461 e. The van der Waals surface area contributed by atoms with Gasteiger partial charge in [0, 0.05) is 18.9 Å². The molecule has 0 aliphatic heterocycles. The molecule has 1 N–H and O–H groups in total. The lowest BCUT2D eigenvalue weighted by Gasteiger charge is -2.62. The third-order valence-electron chi connectivity index (χ3n) is 9.41. The van der Waals surface area contributed by atoms with Gasteiger partial charge in [-0.3, -0.25) is 4.79 Å². The second kappa shape index (κ2) is 7.53. The Hall–Kier alpha value is -0.130. The molecule has 4 saturated carbocycles. The summed E-state index contributed by atoms with van der Waals surface area (Å²) in [5, 5.41) is 11.3. The van der Waals surface area contributed by atoms with Gasteiger partial charge in [-0.25, -0.2) is 0 Å². The van der Waals surface area contributed by atoms with E-state index in [0.29, 0.717) is 41.6 Å². The summed E-state index contributed by atoms with van der Waals surface area (Å²) in [6.07, 6.45) is 8.02. The van der Waals surface area contributed by atoms with E-state index in [4.69, 9.17) is 9.47 Å². The first-order chi connectivity index (χ1) is 13.2. The molecule has 4 aliphatic rings. The van der Waals surface area contributed by atoms with Gasteiger partial charge in [0.1, 0.15) is 6.10 Å². The number of carbonyl (C=O) groups excluding carboxylic acids is 1. The molecule has 0 radical (unpaired) electrons. The predicted molar refractivity (Wildman–Crippen MR) is 112 cm³/mol. The van der Waals surface area contributed by atoms with Crippen LogP contribution in [0.2, 0.25) is 0 Å². The summed E-state index contributed by atoms with van der Waals surface area (Å²) in [5.74, 6) is 1.76. The number of hydrogen-bond donors (Lipinski definition) is 1. The third-order valence-corrected chi connectivity index (χ3v) is 10.3. The highest BCUT2D eigenvalue weighted by atomic mass is 79.9. The smallest absolute Gasteiger partial charge is 0.305 e. The molecule has 0 amide bonds. The maximum Gasteiger partial charge on any atom is 0.305 e. The van der Waals surface area contributed by atoms with Gasteiger partial charge in [-0.05, 0) is 74.0 Å². The van der Waals surface area contributed by atoms with Crippen LogP contribution in [0.1, 0.15) is 72.1 Å². The Morgan fingerprint density at radius 3 is 2.50 bits per heavy atom. The number of carbonyl (C=O) groups is 1. The molecule has 0 aromatic rings. The van der Waals surface area contributed by atoms with Crippen molar-refractivity contribution >= 4 is 21.9 Å². The number of ether oxygens (including phenoxy) is 2. The highest BCUT2D eigenvalue weighted by molar-refractivity contribution is 9.09. The lowest BCUT2D eigenvalue weighted by Crippen LogP contribution is -2.59. The lowest BCUT2D eigenvalue weighted by molar-refractivity contribution is -0.186. The Bertz CT molecular complexity index is 611. The summed E-state index contributed by atoms with van der Waals surface area (Å²) in [6, 6.07) is 0. The van der Waals surface area contributed by atoms with Crippen LogP contribution >= 0.6 is 15.9 Å². The summed E-state index contributed by atoms with van der Waals surface area (Å²) in [6.45, 7) is 6.66. The van der Waals surface area contributed by atoms with E-state index in [9.17, 15) is 9.90 Å². The molecule has 0 heterocycles. The molecule has 28 heavy (non-hydrogen) atoms. The minimum absolute atomic E-state index is 0.0337. The SMILES string of the molecule is CCC(=O)O[C@H]1[C@H](Br)CC2C3C(O)CC4C[C@@H](OC)CC[C@]4(C)C3CC[C@@]21C. The number of methoxy groups -OCH3 is 1. The van der Waals surface area contributed by atoms with E-state index < -0.39 is 0 Å². The molecule has 4 aliphatic carbocycles. The summed E-state index contributed by atoms with van der Waals surface area (Å²) in [7, 11) is 1.83. The van der Waals surface area contributed by atoms with Crippen molar-refractivity contribution in [3.05, 3.63) is 0 Å². The van der Waals surface area contributed by atoms with Gasteiger partial charge in [-0.1, -0.05) is 36.7 Å². The van der Waals surface area contributed by atoms with Crippen molar-refractivity contribution in [2.24, 2.45) is 34.5 Å². The monoisotopic (exact) mass is 456 g/mol. The quantitative estimate of drug-likeness (QED) is 0.493. The van der Waals surface area contributed by atoms with E-state index in [0.717, 1.165) is 38.5 Å². The Balaban J connectivity index is 1.61. The fourth-order valence-electron chi connectivity index (χ4n) is 7.76. The van der Waals surface area contributed by atoms with Crippen molar-refractivity contribution < 1.29 is 19.4 Å². The molecule has 0 saturated heterocycles. The highest BCUT2D eigenvalue weighted by Gasteiger charge is 2.65. The molecule has 4 nitrogen and oxygen atoms in total. The van der Waals surface area contributed by atoms with Gasteiger partial charge < -0.3 is 14.6 Å². The average molecular weight is 457 g/mol. The number of esters is 1. The van der Waals surface area contributed by atoms with Crippen LogP contribution in [0.4, 0.5) is 0 Å². The van der Waals surface area contributed by atoms with Gasteiger partial charge in [-0.15, -0.1) is 0 Å². The van der Waals surface area contributed by atoms with Crippen LogP contribution < -0.4 is 0 Å². The second-order valence-electron chi connectivity index (χ2n) is 10.5.